The van der Waals surface area contributed by atoms with E-state index in [2.05, 4.69) is 59.6 Å². The lowest BCUT2D eigenvalue weighted by Crippen LogP contribution is -2.36. The second kappa shape index (κ2) is 10.0. The number of aryl methyl sites for hydroxylation is 2. The molecule has 5 nitrogen and oxygen atoms in total. The van der Waals surface area contributed by atoms with Crippen molar-refractivity contribution in [1.29, 1.82) is 0 Å². The van der Waals surface area contributed by atoms with Crippen molar-refractivity contribution < 1.29 is 4.74 Å². The van der Waals surface area contributed by atoms with Gasteiger partial charge in [0.05, 0.1) is 19.7 Å². The Morgan fingerprint density at radius 1 is 1.24 bits per heavy atom. The van der Waals surface area contributed by atoms with E-state index >= 15 is 0 Å². The van der Waals surface area contributed by atoms with Crippen molar-refractivity contribution in [2.45, 2.75) is 47.2 Å². The largest absolute Gasteiger partial charge is 0.494 e. The summed E-state index contributed by atoms with van der Waals surface area (Å²) in [4.78, 5) is 10.4. The first-order valence-corrected chi connectivity index (χ1v) is 9.65. The zero-order chi connectivity index (χ0) is 18.1. The lowest BCUT2D eigenvalue weighted by atomic mass is 10.1. The molecule has 2 rings (SSSR count). The summed E-state index contributed by atoms with van der Waals surface area (Å²) < 4.78 is 5.74. The van der Waals surface area contributed by atoms with Crippen LogP contribution in [0.5, 0.6) is 5.75 Å². The van der Waals surface area contributed by atoms with Crippen LogP contribution in [0.25, 0.3) is 0 Å². The maximum absolute atomic E-state index is 5.74. The van der Waals surface area contributed by atoms with Crippen molar-refractivity contribution in [3.8, 4) is 5.75 Å². The molecule has 1 heterocycles. The van der Waals surface area contributed by atoms with Gasteiger partial charge in [0, 0.05) is 23.2 Å². The minimum absolute atomic E-state index is 0.572. The normalized spacial score (nSPS) is 11.4. The molecule has 2 aromatic rings. The highest BCUT2D eigenvalue weighted by Crippen LogP contribution is 2.21. The van der Waals surface area contributed by atoms with Crippen LogP contribution in [0.3, 0.4) is 0 Å². The van der Waals surface area contributed by atoms with E-state index in [1.807, 2.05) is 13.1 Å². The van der Waals surface area contributed by atoms with E-state index in [1.165, 1.54) is 10.4 Å². The van der Waals surface area contributed by atoms with Gasteiger partial charge in [-0.05, 0) is 38.8 Å². The Balaban J connectivity index is 2.03. The Hall–Kier alpha value is -2.08. The van der Waals surface area contributed by atoms with Crippen molar-refractivity contribution in [1.82, 2.24) is 15.6 Å². The van der Waals surface area contributed by atoms with Crippen LogP contribution in [0.15, 0.2) is 29.4 Å². The molecule has 0 aliphatic heterocycles. The van der Waals surface area contributed by atoms with Gasteiger partial charge >= 0.3 is 0 Å². The van der Waals surface area contributed by atoms with Crippen LogP contribution in [0.4, 0.5) is 0 Å². The average Bonchev–Trinajstić information content (AvgIpc) is 3.07. The number of thiazole rings is 1. The standard InChI is InChI=1S/C19H28N4OS/c1-5-16-12-21-18(25-16)13-23-19(20-6-2)22-11-15-9-8-14(4)10-17(15)24-7-3/h8-10,12H,5-7,11,13H2,1-4H3,(H2,20,22,23). The van der Waals surface area contributed by atoms with E-state index in [-0.39, 0.29) is 0 Å². The van der Waals surface area contributed by atoms with Crippen LogP contribution in [-0.2, 0) is 19.5 Å². The molecular weight excluding hydrogens is 332 g/mol. The van der Waals surface area contributed by atoms with E-state index < -0.39 is 0 Å². The minimum Gasteiger partial charge on any atom is -0.494 e. The second-order valence-corrected chi connectivity index (χ2v) is 6.87. The molecule has 0 atom stereocenters. The van der Waals surface area contributed by atoms with Crippen LogP contribution >= 0.6 is 11.3 Å². The van der Waals surface area contributed by atoms with E-state index in [4.69, 9.17) is 4.74 Å². The monoisotopic (exact) mass is 360 g/mol. The number of hydrogen-bond acceptors (Lipinski definition) is 4. The zero-order valence-electron chi connectivity index (χ0n) is 15.6. The average molecular weight is 361 g/mol. The van der Waals surface area contributed by atoms with E-state index in [1.54, 1.807) is 11.3 Å². The fourth-order valence-corrected chi connectivity index (χ4v) is 3.14. The molecule has 25 heavy (non-hydrogen) atoms. The maximum atomic E-state index is 5.74. The predicted octanol–water partition coefficient (Wildman–Crippen LogP) is 3.67. The highest BCUT2D eigenvalue weighted by molar-refractivity contribution is 7.11. The highest BCUT2D eigenvalue weighted by Gasteiger charge is 2.06. The molecule has 0 saturated carbocycles. The number of nitrogens with one attached hydrogen (secondary N) is 2. The SMILES string of the molecule is CCNC(=NCc1ccc(C)cc1OCC)NCc1ncc(CC)s1. The first-order valence-electron chi connectivity index (χ1n) is 8.84. The van der Waals surface area contributed by atoms with Crippen molar-refractivity contribution in [3.63, 3.8) is 0 Å². The van der Waals surface area contributed by atoms with Crippen molar-refractivity contribution in [2.24, 2.45) is 4.99 Å². The number of benzene rings is 1. The molecule has 136 valence electrons. The van der Waals surface area contributed by atoms with Crippen LogP contribution in [-0.4, -0.2) is 24.1 Å². The molecule has 6 heteroatoms. The van der Waals surface area contributed by atoms with Gasteiger partial charge in [-0.3, -0.25) is 0 Å². The van der Waals surface area contributed by atoms with Gasteiger partial charge in [0.15, 0.2) is 5.96 Å². The molecule has 0 aliphatic rings. The molecule has 0 fully saturated rings. The first kappa shape index (κ1) is 19.2. The maximum Gasteiger partial charge on any atom is 0.191 e. The predicted molar refractivity (Wildman–Crippen MR) is 105 cm³/mol. The zero-order valence-corrected chi connectivity index (χ0v) is 16.4. The molecule has 0 aliphatic carbocycles. The Bertz CT molecular complexity index is 696. The summed E-state index contributed by atoms with van der Waals surface area (Å²) in [6.07, 6.45) is 2.98. The summed E-state index contributed by atoms with van der Waals surface area (Å²) in [6.45, 7) is 11.0. The molecular formula is C19H28N4OS. The smallest absolute Gasteiger partial charge is 0.191 e. The fourth-order valence-electron chi connectivity index (χ4n) is 2.34. The third-order valence-corrected chi connectivity index (χ3v) is 4.77. The van der Waals surface area contributed by atoms with E-state index in [9.17, 15) is 0 Å². The highest BCUT2D eigenvalue weighted by atomic mass is 32.1. The van der Waals surface area contributed by atoms with Gasteiger partial charge in [0.25, 0.3) is 0 Å². The van der Waals surface area contributed by atoms with Gasteiger partial charge in [0.1, 0.15) is 10.8 Å². The Morgan fingerprint density at radius 3 is 2.76 bits per heavy atom. The lowest BCUT2D eigenvalue weighted by Gasteiger charge is -2.12. The number of rotatable bonds is 8. The minimum atomic E-state index is 0.572. The fraction of sp³-hybridized carbons (Fsp3) is 0.474. The number of hydrogen-bond donors (Lipinski definition) is 2. The third kappa shape index (κ3) is 6.05. The summed E-state index contributed by atoms with van der Waals surface area (Å²) in [5.74, 6) is 1.70. The second-order valence-electron chi connectivity index (χ2n) is 5.67. The van der Waals surface area contributed by atoms with Crippen LogP contribution in [0, 0.1) is 6.92 Å². The topological polar surface area (TPSA) is 58.5 Å². The number of ether oxygens (including phenoxy) is 1. The van der Waals surface area contributed by atoms with Gasteiger partial charge in [-0.2, -0.15) is 0 Å². The Morgan fingerprint density at radius 2 is 2.08 bits per heavy atom. The molecule has 0 spiro atoms. The summed E-state index contributed by atoms with van der Waals surface area (Å²) in [5.41, 5.74) is 2.28. The summed E-state index contributed by atoms with van der Waals surface area (Å²) in [7, 11) is 0. The first-order chi connectivity index (χ1) is 12.2. The molecule has 1 aromatic carbocycles. The van der Waals surface area contributed by atoms with Crippen molar-refractivity contribution in [2.75, 3.05) is 13.2 Å². The van der Waals surface area contributed by atoms with Crippen LogP contribution in [0.2, 0.25) is 0 Å². The molecule has 0 radical (unpaired) electrons. The summed E-state index contributed by atoms with van der Waals surface area (Å²) in [5, 5.41) is 7.71. The molecule has 1 aromatic heterocycles. The van der Waals surface area contributed by atoms with Gasteiger partial charge < -0.3 is 15.4 Å². The third-order valence-electron chi connectivity index (χ3n) is 3.63. The van der Waals surface area contributed by atoms with Crippen LogP contribution < -0.4 is 15.4 Å². The van der Waals surface area contributed by atoms with Crippen LogP contribution in [0.1, 0.15) is 41.8 Å². The molecule has 0 unspecified atom stereocenters. The molecule has 0 amide bonds. The van der Waals surface area contributed by atoms with Gasteiger partial charge in [-0.1, -0.05) is 19.1 Å². The Kier molecular flexibility index (Phi) is 7.73. The Labute approximate surface area is 154 Å². The van der Waals surface area contributed by atoms with Gasteiger partial charge in [-0.25, -0.2) is 9.98 Å². The molecule has 0 saturated heterocycles. The lowest BCUT2D eigenvalue weighted by molar-refractivity contribution is 0.336. The number of nitrogens with zero attached hydrogens (tertiary/aromatic N) is 2. The van der Waals surface area contributed by atoms with Crippen molar-refractivity contribution in [3.05, 3.63) is 45.4 Å². The molecule has 0 bridgehead atoms. The molecule has 2 N–H and O–H groups in total. The summed E-state index contributed by atoms with van der Waals surface area (Å²) in [6, 6.07) is 6.24. The number of guanidine groups is 1. The van der Waals surface area contributed by atoms with E-state index in [0.29, 0.717) is 19.7 Å². The van der Waals surface area contributed by atoms with E-state index in [0.717, 1.165) is 35.2 Å². The quantitative estimate of drug-likeness (QED) is 0.557. The number of aliphatic imine (C=N–C) groups is 1. The van der Waals surface area contributed by atoms with Gasteiger partial charge in [-0.15, -0.1) is 11.3 Å². The number of aromatic nitrogens is 1. The van der Waals surface area contributed by atoms with Crippen molar-refractivity contribution >= 4 is 17.3 Å². The van der Waals surface area contributed by atoms with Gasteiger partial charge in [0.2, 0.25) is 0 Å². The summed E-state index contributed by atoms with van der Waals surface area (Å²) >= 11 is 1.74.